The monoisotopic (exact) mass is 298 g/mol. The van der Waals surface area contributed by atoms with E-state index in [1.54, 1.807) is 26.0 Å². The second-order valence-corrected chi connectivity index (χ2v) is 6.20. The van der Waals surface area contributed by atoms with Crippen LogP contribution in [0.5, 0.6) is 0 Å². The Morgan fingerprint density at radius 1 is 1.26 bits per heavy atom. The molecule has 0 saturated heterocycles. The minimum absolute atomic E-state index is 0.134. The van der Waals surface area contributed by atoms with Gasteiger partial charge < -0.3 is 4.62 Å². The van der Waals surface area contributed by atoms with E-state index >= 15 is 0 Å². The fraction of sp³-hybridized carbons (Fsp3) is 0.333. The summed E-state index contributed by atoms with van der Waals surface area (Å²) < 4.78 is 15.7. The zero-order valence-electron chi connectivity index (χ0n) is 10.8. The van der Waals surface area contributed by atoms with Crippen LogP contribution in [-0.2, 0) is 25.5 Å². The van der Waals surface area contributed by atoms with Crippen LogP contribution in [-0.4, -0.2) is 18.9 Å². The predicted molar refractivity (Wildman–Crippen MR) is 77.2 cm³/mol. The van der Waals surface area contributed by atoms with E-state index < -0.39 is 6.72 Å². The first kappa shape index (κ1) is 15.8. The standard InChI is InChI=1S/C12H15N2O3PS/c1-3-15-18(19,16-4-2)17-14-12(10-13)11-8-6-5-7-9-11/h5-9H,3-4H2,1-2H3/b14-12+. The summed E-state index contributed by atoms with van der Waals surface area (Å²) in [4.78, 5) is 0. The van der Waals surface area contributed by atoms with E-state index in [2.05, 4.69) is 5.16 Å². The molecule has 0 amide bonds. The van der Waals surface area contributed by atoms with Crippen LogP contribution in [0.2, 0.25) is 0 Å². The lowest BCUT2D eigenvalue weighted by molar-refractivity contribution is 0.172. The third kappa shape index (κ3) is 5.09. The van der Waals surface area contributed by atoms with Crippen LogP contribution in [0.4, 0.5) is 0 Å². The fourth-order valence-corrected chi connectivity index (χ4v) is 2.94. The summed E-state index contributed by atoms with van der Waals surface area (Å²) >= 11 is 5.14. The molecule has 1 rings (SSSR count). The first-order valence-corrected chi connectivity index (χ1v) is 8.32. The summed E-state index contributed by atoms with van der Waals surface area (Å²) in [5, 5.41) is 12.8. The first-order valence-electron chi connectivity index (χ1n) is 5.76. The van der Waals surface area contributed by atoms with Crippen molar-refractivity contribution in [3.05, 3.63) is 35.9 Å². The summed E-state index contributed by atoms with van der Waals surface area (Å²) in [7, 11) is 0. The molecule has 102 valence electrons. The van der Waals surface area contributed by atoms with Gasteiger partial charge in [-0.3, -0.25) is 9.05 Å². The molecule has 0 aliphatic carbocycles. The summed E-state index contributed by atoms with van der Waals surface area (Å²) in [6.45, 7) is 1.38. The SMILES string of the molecule is CCOP(=S)(OCC)O/N=C(\C#N)c1ccccc1. The van der Waals surface area contributed by atoms with Gasteiger partial charge in [-0.15, -0.1) is 0 Å². The molecule has 19 heavy (non-hydrogen) atoms. The molecule has 5 nitrogen and oxygen atoms in total. The van der Waals surface area contributed by atoms with Gasteiger partial charge in [-0.1, -0.05) is 35.5 Å². The van der Waals surface area contributed by atoms with Crippen LogP contribution in [0.3, 0.4) is 0 Å². The molecule has 0 aliphatic heterocycles. The molecule has 0 bridgehead atoms. The summed E-state index contributed by atoms with van der Waals surface area (Å²) in [5.41, 5.74) is 0.786. The molecule has 0 spiro atoms. The number of oxime groups is 1. The van der Waals surface area contributed by atoms with Crippen LogP contribution < -0.4 is 0 Å². The fourth-order valence-electron chi connectivity index (χ4n) is 1.23. The van der Waals surface area contributed by atoms with E-state index in [1.165, 1.54) is 0 Å². The topological polar surface area (TPSA) is 63.8 Å². The molecule has 0 unspecified atom stereocenters. The predicted octanol–water partition coefficient (Wildman–Crippen LogP) is 3.23. The maximum Gasteiger partial charge on any atom is 0.402 e. The maximum absolute atomic E-state index is 9.07. The summed E-state index contributed by atoms with van der Waals surface area (Å²) in [6.07, 6.45) is 0. The highest BCUT2D eigenvalue weighted by atomic mass is 32.5. The van der Waals surface area contributed by atoms with E-state index in [1.807, 2.05) is 24.3 Å². The molecule has 1 aromatic rings. The van der Waals surface area contributed by atoms with Crippen molar-refractivity contribution < 1.29 is 13.7 Å². The Balaban J connectivity index is 2.88. The van der Waals surface area contributed by atoms with E-state index in [4.69, 9.17) is 30.7 Å². The lowest BCUT2D eigenvalue weighted by Gasteiger charge is -2.17. The zero-order valence-corrected chi connectivity index (χ0v) is 12.5. The van der Waals surface area contributed by atoms with Crippen LogP contribution in [0, 0.1) is 11.3 Å². The molecule has 0 fully saturated rings. The Labute approximate surface area is 118 Å². The molecule has 0 saturated carbocycles. The highest BCUT2D eigenvalue weighted by Gasteiger charge is 2.21. The van der Waals surface area contributed by atoms with Crippen molar-refractivity contribution in [2.45, 2.75) is 13.8 Å². The molecule has 0 atom stereocenters. The number of hydrogen-bond acceptors (Lipinski definition) is 6. The van der Waals surface area contributed by atoms with Crippen molar-refractivity contribution in [3.8, 4) is 6.07 Å². The van der Waals surface area contributed by atoms with Gasteiger partial charge in [-0.2, -0.15) is 5.26 Å². The average Bonchev–Trinajstić information content (AvgIpc) is 2.41. The van der Waals surface area contributed by atoms with E-state index in [9.17, 15) is 0 Å². The van der Waals surface area contributed by atoms with Gasteiger partial charge in [0.15, 0.2) is 5.71 Å². The van der Waals surface area contributed by atoms with Crippen molar-refractivity contribution in [2.24, 2.45) is 5.16 Å². The van der Waals surface area contributed by atoms with E-state index in [-0.39, 0.29) is 5.71 Å². The zero-order chi connectivity index (χ0) is 14.1. The van der Waals surface area contributed by atoms with E-state index in [0.29, 0.717) is 18.8 Å². The van der Waals surface area contributed by atoms with Crippen LogP contribution in [0.25, 0.3) is 0 Å². The van der Waals surface area contributed by atoms with Crippen molar-refractivity contribution in [1.29, 1.82) is 5.26 Å². The smallest absolute Gasteiger partial charge is 0.312 e. The third-order valence-electron chi connectivity index (χ3n) is 1.96. The van der Waals surface area contributed by atoms with Gasteiger partial charge in [0.25, 0.3) is 0 Å². The van der Waals surface area contributed by atoms with Gasteiger partial charge in [-0.25, -0.2) is 0 Å². The number of hydrogen-bond donors (Lipinski definition) is 0. The second kappa shape index (κ2) is 8.03. The molecule has 0 heterocycles. The largest absolute Gasteiger partial charge is 0.402 e. The van der Waals surface area contributed by atoms with Crippen LogP contribution in [0.1, 0.15) is 19.4 Å². The Bertz CT molecular complexity index is 503. The van der Waals surface area contributed by atoms with Gasteiger partial charge >= 0.3 is 6.72 Å². The van der Waals surface area contributed by atoms with Crippen molar-refractivity contribution in [1.82, 2.24) is 0 Å². The Kier molecular flexibility index (Phi) is 6.68. The Morgan fingerprint density at radius 3 is 2.32 bits per heavy atom. The highest BCUT2D eigenvalue weighted by Crippen LogP contribution is 2.50. The Hall–Kier alpha value is -1.25. The lowest BCUT2D eigenvalue weighted by atomic mass is 10.1. The Morgan fingerprint density at radius 2 is 1.84 bits per heavy atom. The number of nitriles is 1. The number of benzene rings is 1. The highest BCUT2D eigenvalue weighted by molar-refractivity contribution is 8.07. The third-order valence-corrected chi connectivity index (χ3v) is 4.22. The normalized spacial score (nSPS) is 11.9. The van der Waals surface area contributed by atoms with Gasteiger partial charge in [0.2, 0.25) is 0 Å². The first-order chi connectivity index (χ1) is 9.15. The number of rotatable bonds is 7. The second-order valence-electron chi connectivity index (χ2n) is 3.28. The quantitative estimate of drug-likeness (QED) is 0.439. The van der Waals surface area contributed by atoms with Crippen molar-refractivity contribution >= 4 is 24.2 Å². The van der Waals surface area contributed by atoms with Crippen molar-refractivity contribution in [2.75, 3.05) is 13.2 Å². The minimum atomic E-state index is -2.91. The summed E-state index contributed by atoms with van der Waals surface area (Å²) in [5.74, 6) is 0. The van der Waals surface area contributed by atoms with Gasteiger partial charge in [0.1, 0.15) is 6.07 Å². The lowest BCUT2D eigenvalue weighted by Crippen LogP contribution is -2.01. The van der Waals surface area contributed by atoms with Crippen LogP contribution in [0.15, 0.2) is 35.5 Å². The van der Waals surface area contributed by atoms with E-state index in [0.717, 1.165) is 0 Å². The average molecular weight is 298 g/mol. The number of nitrogens with zero attached hydrogens (tertiary/aromatic N) is 2. The molecule has 0 radical (unpaired) electrons. The molecular formula is C12H15N2O3PS. The molecule has 0 aromatic heterocycles. The van der Waals surface area contributed by atoms with Crippen molar-refractivity contribution in [3.63, 3.8) is 0 Å². The minimum Gasteiger partial charge on any atom is -0.312 e. The summed E-state index contributed by atoms with van der Waals surface area (Å²) in [6, 6.07) is 10.9. The molecular weight excluding hydrogens is 283 g/mol. The molecule has 0 N–H and O–H groups in total. The molecule has 7 heteroatoms. The van der Waals surface area contributed by atoms with Gasteiger partial charge in [0.05, 0.1) is 13.2 Å². The molecule has 0 aliphatic rings. The van der Waals surface area contributed by atoms with Gasteiger partial charge in [-0.05, 0) is 13.8 Å². The van der Waals surface area contributed by atoms with Gasteiger partial charge in [0, 0.05) is 17.4 Å². The van der Waals surface area contributed by atoms with Crippen LogP contribution >= 0.6 is 6.72 Å². The molecule has 1 aromatic carbocycles. The maximum atomic E-state index is 9.07.